The van der Waals surface area contributed by atoms with Crippen LogP contribution in [0.2, 0.25) is 0 Å². The molecule has 2 aromatic rings. The number of anilines is 1. The molecule has 0 amide bonds. The topological polar surface area (TPSA) is 56.2 Å². The summed E-state index contributed by atoms with van der Waals surface area (Å²) in [7, 11) is 0. The van der Waals surface area contributed by atoms with Gasteiger partial charge < -0.3 is 4.74 Å². The summed E-state index contributed by atoms with van der Waals surface area (Å²) in [5.41, 5.74) is 5.93. The molecule has 0 bridgehead atoms. The molecule has 0 radical (unpaired) electrons. The Hall–Kier alpha value is -1.61. The fraction of sp³-hybridized carbons (Fsp3) is 0.167. The van der Waals surface area contributed by atoms with E-state index in [0.717, 1.165) is 12.1 Å². The number of nitrogen functional groups attached to an aromatic ring is 1. The van der Waals surface area contributed by atoms with Crippen molar-refractivity contribution in [2.45, 2.75) is 12.9 Å². The Morgan fingerprint density at radius 2 is 1.90 bits per heavy atom. The van der Waals surface area contributed by atoms with Gasteiger partial charge in [-0.1, -0.05) is 11.3 Å². The first-order valence-corrected chi connectivity index (χ1v) is 6.34. The Morgan fingerprint density at radius 1 is 1.29 bits per heavy atom. The number of carbonyl (C=O) groups excluding carboxylic acids is 1. The Kier molecular flexibility index (Phi) is 5.73. The highest BCUT2D eigenvalue weighted by Crippen LogP contribution is 2.22. The molecule has 0 aliphatic rings. The van der Waals surface area contributed by atoms with E-state index in [4.69, 9.17) is 5.73 Å². The van der Waals surface area contributed by atoms with Crippen LogP contribution >= 0.6 is 28.3 Å². The Labute approximate surface area is 132 Å². The number of halogens is 4. The highest BCUT2D eigenvalue weighted by atomic mass is 79.9. The van der Waals surface area contributed by atoms with Gasteiger partial charge in [-0.25, -0.2) is 4.57 Å². The number of aromatic nitrogens is 1. The number of ether oxygens (including phenoxy) is 1. The van der Waals surface area contributed by atoms with Gasteiger partial charge in [-0.3, -0.25) is 10.5 Å². The van der Waals surface area contributed by atoms with E-state index in [-0.39, 0.29) is 40.6 Å². The van der Waals surface area contributed by atoms with Crippen LogP contribution in [-0.4, -0.2) is 12.1 Å². The van der Waals surface area contributed by atoms with Crippen molar-refractivity contribution in [3.05, 3.63) is 41.4 Å². The zero-order valence-electron chi connectivity index (χ0n) is 10.5. The van der Waals surface area contributed by atoms with Crippen molar-refractivity contribution >= 4 is 39.2 Å². The number of ketones is 1. The second-order valence-corrected chi connectivity index (χ2v) is 4.79. The molecule has 0 spiro atoms. The van der Waals surface area contributed by atoms with Gasteiger partial charge >= 0.3 is 11.5 Å². The number of hydrogen-bond donors (Lipinski definition) is 1. The number of benzene rings is 1. The van der Waals surface area contributed by atoms with Gasteiger partial charge in [0.25, 0.3) is 0 Å². The molecule has 0 saturated carbocycles. The van der Waals surface area contributed by atoms with Crippen LogP contribution in [0.4, 0.5) is 18.3 Å². The highest BCUT2D eigenvalue weighted by Gasteiger charge is 2.31. The largest absolute Gasteiger partial charge is 0.573 e. The third kappa shape index (κ3) is 5.01. The zero-order chi connectivity index (χ0) is 14.8. The summed E-state index contributed by atoms with van der Waals surface area (Å²) in [5.74, 6) is -0.615. The van der Waals surface area contributed by atoms with Gasteiger partial charge in [-0.2, -0.15) is 0 Å². The number of nitrogens with two attached hydrogens (primary N) is 1. The predicted molar refractivity (Wildman–Crippen MR) is 76.7 cm³/mol. The molecule has 1 heterocycles. The second-order valence-electron chi connectivity index (χ2n) is 3.86. The Morgan fingerprint density at radius 3 is 2.38 bits per heavy atom. The van der Waals surface area contributed by atoms with Crippen molar-refractivity contribution in [2.75, 3.05) is 5.73 Å². The molecule has 1 aromatic carbocycles. The number of nitrogens with zero attached hydrogens (tertiary/aromatic N) is 1. The molecule has 0 atom stereocenters. The molecule has 4 nitrogen and oxygen atoms in total. The quantitative estimate of drug-likeness (QED) is 0.652. The van der Waals surface area contributed by atoms with Gasteiger partial charge in [-0.15, -0.1) is 30.2 Å². The summed E-state index contributed by atoms with van der Waals surface area (Å²) in [6, 6.07) is 4.77. The summed E-state index contributed by atoms with van der Waals surface area (Å²) in [6.45, 7) is 0.0365. The fourth-order valence-corrected chi connectivity index (χ4v) is 2.14. The monoisotopic (exact) mass is 383 g/mol. The fourth-order valence-electron chi connectivity index (χ4n) is 1.53. The van der Waals surface area contributed by atoms with Crippen LogP contribution in [0.3, 0.4) is 0 Å². The Balaban J connectivity index is 0.00000220. The third-order valence-corrected chi connectivity index (χ3v) is 3.17. The molecule has 0 aliphatic carbocycles. The van der Waals surface area contributed by atoms with Gasteiger partial charge in [0.2, 0.25) is 5.78 Å². The third-order valence-electron chi connectivity index (χ3n) is 2.44. The highest BCUT2D eigenvalue weighted by molar-refractivity contribution is 8.93. The van der Waals surface area contributed by atoms with E-state index in [1.54, 1.807) is 16.1 Å². The number of alkyl halides is 3. The number of thiazole rings is 1. The molecule has 0 unspecified atom stereocenters. The van der Waals surface area contributed by atoms with Gasteiger partial charge in [0, 0.05) is 10.9 Å². The molecule has 1 aromatic heterocycles. The number of hydrogen-bond acceptors (Lipinski definition) is 4. The van der Waals surface area contributed by atoms with E-state index in [1.165, 1.54) is 23.5 Å². The minimum atomic E-state index is -4.74. The van der Waals surface area contributed by atoms with Crippen molar-refractivity contribution in [3.63, 3.8) is 0 Å². The molecule has 114 valence electrons. The number of Topliss-reactive ketones (excluding diaryl/α,β-unsaturated/α-hetero) is 1. The summed E-state index contributed by atoms with van der Waals surface area (Å²) < 4.78 is 41.3. The minimum absolute atomic E-state index is 0. The van der Waals surface area contributed by atoms with Gasteiger partial charge in [0.15, 0.2) is 6.54 Å². The smallest absolute Gasteiger partial charge is 0.406 e. The van der Waals surface area contributed by atoms with E-state index in [2.05, 4.69) is 4.74 Å². The number of rotatable bonds is 4. The van der Waals surface area contributed by atoms with E-state index in [0.29, 0.717) is 5.13 Å². The van der Waals surface area contributed by atoms with Crippen molar-refractivity contribution in [1.82, 2.24) is 0 Å². The summed E-state index contributed by atoms with van der Waals surface area (Å²) in [4.78, 5) is 11.9. The van der Waals surface area contributed by atoms with Crippen LogP contribution in [0, 0.1) is 0 Å². The van der Waals surface area contributed by atoms with E-state index in [1.807, 2.05) is 0 Å². The normalized spacial score (nSPS) is 10.8. The first-order chi connectivity index (χ1) is 9.35. The van der Waals surface area contributed by atoms with Crippen LogP contribution in [0.25, 0.3) is 0 Å². The molecule has 0 fully saturated rings. The maximum atomic E-state index is 12.0. The van der Waals surface area contributed by atoms with E-state index >= 15 is 0 Å². The molecule has 2 N–H and O–H groups in total. The van der Waals surface area contributed by atoms with Crippen molar-refractivity contribution in [2.24, 2.45) is 0 Å². The minimum Gasteiger partial charge on any atom is -0.406 e. The van der Waals surface area contributed by atoms with Crippen molar-refractivity contribution < 1.29 is 27.3 Å². The lowest BCUT2D eigenvalue weighted by molar-refractivity contribution is -0.664. The number of carbonyl (C=O) groups is 1. The first-order valence-electron chi connectivity index (χ1n) is 5.46. The van der Waals surface area contributed by atoms with Gasteiger partial charge in [0.05, 0.1) is 0 Å². The van der Waals surface area contributed by atoms with Crippen LogP contribution < -0.4 is 15.0 Å². The zero-order valence-corrected chi connectivity index (χ0v) is 13.0. The lowest BCUT2D eigenvalue weighted by Crippen LogP contribution is -2.38. The molecular weight excluding hydrogens is 373 g/mol. The van der Waals surface area contributed by atoms with Crippen molar-refractivity contribution in [1.29, 1.82) is 0 Å². The van der Waals surface area contributed by atoms with Crippen molar-refractivity contribution in [3.8, 4) is 5.75 Å². The molecule has 9 heteroatoms. The molecular formula is C12H11BrF3N2O2S+. The lowest BCUT2D eigenvalue weighted by atomic mass is 10.1. The average Bonchev–Trinajstić information content (AvgIpc) is 2.74. The Bertz CT molecular complexity index is 614. The summed E-state index contributed by atoms with van der Waals surface area (Å²) >= 11 is 1.29. The average molecular weight is 384 g/mol. The van der Waals surface area contributed by atoms with Crippen LogP contribution in [0.5, 0.6) is 5.75 Å². The summed E-state index contributed by atoms with van der Waals surface area (Å²) in [5, 5.41) is 2.22. The predicted octanol–water partition coefficient (Wildman–Crippen LogP) is 2.98. The second kappa shape index (κ2) is 6.90. The van der Waals surface area contributed by atoms with Gasteiger partial charge in [0.1, 0.15) is 11.9 Å². The van der Waals surface area contributed by atoms with E-state index in [9.17, 15) is 18.0 Å². The van der Waals surface area contributed by atoms with Crippen LogP contribution in [0.15, 0.2) is 35.8 Å². The first kappa shape index (κ1) is 17.4. The standard InChI is InChI=1S/C12H9F3N2O2S.BrH/c13-12(14,15)19-9-3-1-8(2-4-9)10(18)7-17-5-6-20-11(17)16;/h1-6,16H,7H2;1H/p+1. The molecule has 0 saturated heterocycles. The van der Waals surface area contributed by atoms with Crippen LogP contribution in [0.1, 0.15) is 10.4 Å². The van der Waals surface area contributed by atoms with Gasteiger partial charge in [-0.05, 0) is 24.3 Å². The molecule has 21 heavy (non-hydrogen) atoms. The SMILES string of the molecule is Br.Nc1scc[n+]1CC(=O)c1ccc(OC(F)(F)F)cc1. The van der Waals surface area contributed by atoms with E-state index < -0.39 is 6.36 Å². The summed E-state index contributed by atoms with van der Waals surface area (Å²) in [6.07, 6.45) is -3.08. The molecule has 0 aliphatic heterocycles. The maximum absolute atomic E-state index is 12.0. The molecule has 2 rings (SSSR count). The maximum Gasteiger partial charge on any atom is 0.573 e. The van der Waals surface area contributed by atoms with Crippen LogP contribution in [-0.2, 0) is 6.54 Å². The lowest BCUT2D eigenvalue weighted by Gasteiger charge is -2.08.